The first-order valence-electron chi connectivity index (χ1n) is 6.93. The lowest BCUT2D eigenvalue weighted by molar-refractivity contribution is 0.377. The van der Waals surface area contributed by atoms with Crippen molar-refractivity contribution < 1.29 is 0 Å². The van der Waals surface area contributed by atoms with Gasteiger partial charge < -0.3 is 5.32 Å². The maximum absolute atomic E-state index is 3.79. The highest BCUT2D eigenvalue weighted by molar-refractivity contribution is 5.27. The van der Waals surface area contributed by atoms with Gasteiger partial charge in [-0.2, -0.15) is 0 Å². The fraction of sp³-hybridized carbons (Fsp3) is 0.625. The summed E-state index contributed by atoms with van der Waals surface area (Å²) in [5, 5.41) is 3.46. The van der Waals surface area contributed by atoms with Crippen molar-refractivity contribution in [3.8, 4) is 0 Å². The molecule has 0 amide bonds. The Morgan fingerprint density at radius 2 is 2.12 bits per heavy atom. The van der Waals surface area contributed by atoms with Gasteiger partial charge in [0.15, 0.2) is 0 Å². The first-order chi connectivity index (χ1) is 8.26. The van der Waals surface area contributed by atoms with Gasteiger partial charge in [-0.15, -0.1) is 0 Å². The Morgan fingerprint density at radius 3 is 2.59 bits per heavy atom. The van der Waals surface area contributed by atoms with E-state index in [2.05, 4.69) is 37.9 Å². The van der Waals surface area contributed by atoms with Crippen LogP contribution in [0, 0.1) is 5.92 Å². The summed E-state index contributed by atoms with van der Waals surface area (Å²) in [5.41, 5.74) is 2.70. The van der Waals surface area contributed by atoms with Gasteiger partial charge >= 0.3 is 0 Å². The van der Waals surface area contributed by atoms with E-state index in [1.165, 1.54) is 43.5 Å². The van der Waals surface area contributed by atoms with Gasteiger partial charge in [-0.3, -0.25) is 0 Å². The van der Waals surface area contributed by atoms with Crippen LogP contribution in [0.1, 0.15) is 47.0 Å². The smallest absolute Gasteiger partial charge is 0.00173 e. The van der Waals surface area contributed by atoms with Crippen LogP contribution in [-0.2, 0) is 0 Å². The molecule has 0 bridgehead atoms. The van der Waals surface area contributed by atoms with Crippen LogP contribution in [0.15, 0.2) is 36.0 Å². The Morgan fingerprint density at radius 1 is 1.41 bits per heavy atom. The fourth-order valence-electron chi connectivity index (χ4n) is 2.04. The topological polar surface area (TPSA) is 12.0 Å². The maximum atomic E-state index is 3.79. The van der Waals surface area contributed by atoms with Crippen LogP contribution in [-0.4, -0.2) is 13.1 Å². The Hall–Kier alpha value is -0.820. The number of piperidine rings is 1. The fourth-order valence-corrected chi connectivity index (χ4v) is 2.04. The van der Waals surface area contributed by atoms with E-state index in [0.29, 0.717) is 0 Å². The molecule has 1 nitrogen and oxygen atoms in total. The number of nitrogens with one attached hydrogen (secondary N) is 1. The standard InChI is InChI=1S/C14H23N.C2H6/c1-4-12(3)9-13(5-2)10-14-7-6-8-15-11-14;1-2/h4-5,9,14-15H,1,6-8,10-11H2,2-3H3;1-2H3/b12-9-,13-5+;. The van der Waals surface area contributed by atoms with E-state index in [-0.39, 0.29) is 0 Å². The van der Waals surface area contributed by atoms with Gasteiger partial charge in [0.1, 0.15) is 0 Å². The van der Waals surface area contributed by atoms with Crippen molar-refractivity contribution in [2.24, 2.45) is 5.92 Å². The van der Waals surface area contributed by atoms with E-state index in [1.54, 1.807) is 0 Å². The third-order valence-corrected chi connectivity index (χ3v) is 3.03. The van der Waals surface area contributed by atoms with E-state index in [0.717, 1.165) is 5.92 Å². The largest absolute Gasteiger partial charge is 0.316 e. The van der Waals surface area contributed by atoms with Gasteiger partial charge in [-0.05, 0) is 52.1 Å². The summed E-state index contributed by atoms with van der Waals surface area (Å²) in [6.45, 7) is 14.4. The summed E-state index contributed by atoms with van der Waals surface area (Å²) in [6.07, 6.45) is 10.3. The summed E-state index contributed by atoms with van der Waals surface area (Å²) in [7, 11) is 0. The van der Waals surface area contributed by atoms with Crippen molar-refractivity contribution in [3.05, 3.63) is 36.0 Å². The van der Waals surface area contributed by atoms with Gasteiger partial charge in [-0.1, -0.05) is 49.8 Å². The summed E-state index contributed by atoms with van der Waals surface area (Å²) in [5.74, 6) is 0.818. The average Bonchev–Trinajstić information content (AvgIpc) is 2.41. The molecule has 0 saturated carbocycles. The van der Waals surface area contributed by atoms with Crippen LogP contribution >= 0.6 is 0 Å². The molecule has 1 fully saturated rings. The molecule has 0 aromatic carbocycles. The number of hydrogen-bond acceptors (Lipinski definition) is 1. The third kappa shape index (κ3) is 7.17. The summed E-state index contributed by atoms with van der Waals surface area (Å²) in [4.78, 5) is 0. The second-order valence-corrected chi connectivity index (χ2v) is 4.37. The quantitative estimate of drug-likeness (QED) is 0.708. The van der Waals surface area contributed by atoms with Crippen LogP contribution in [0.5, 0.6) is 0 Å². The highest BCUT2D eigenvalue weighted by atomic mass is 14.9. The Labute approximate surface area is 108 Å². The van der Waals surface area contributed by atoms with Crippen LogP contribution in [0.3, 0.4) is 0 Å². The van der Waals surface area contributed by atoms with Crippen molar-refractivity contribution in [1.29, 1.82) is 0 Å². The molecule has 1 rings (SSSR count). The van der Waals surface area contributed by atoms with E-state index in [9.17, 15) is 0 Å². The molecule has 0 spiro atoms. The molecule has 1 aliphatic rings. The Kier molecular flexibility index (Phi) is 9.84. The second-order valence-electron chi connectivity index (χ2n) is 4.37. The van der Waals surface area contributed by atoms with Gasteiger partial charge in [0.2, 0.25) is 0 Å². The molecule has 98 valence electrons. The first kappa shape index (κ1) is 16.2. The summed E-state index contributed by atoms with van der Waals surface area (Å²) >= 11 is 0. The molecule has 1 saturated heterocycles. The molecule has 1 unspecified atom stereocenters. The van der Waals surface area contributed by atoms with E-state index >= 15 is 0 Å². The zero-order valence-electron chi connectivity index (χ0n) is 12.1. The predicted molar refractivity (Wildman–Crippen MR) is 79.3 cm³/mol. The molecule has 1 heterocycles. The maximum Gasteiger partial charge on any atom is -0.00173 e. The lowest BCUT2D eigenvalue weighted by Gasteiger charge is -2.23. The molecule has 1 atom stereocenters. The van der Waals surface area contributed by atoms with Crippen molar-refractivity contribution in [3.63, 3.8) is 0 Å². The molecule has 0 radical (unpaired) electrons. The van der Waals surface area contributed by atoms with Crippen LogP contribution in [0.25, 0.3) is 0 Å². The van der Waals surface area contributed by atoms with E-state index < -0.39 is 0 Å². The number of rotatable bonds is 4. The lowest BCUT2D eigenvalue weighted by Crippen LogP contribution is -2.29. The van der Waals surface area contributed by atoms with Gasteiger partial charge in [0.05, 0.1) is 0 Å². The molecule has 0 aliphatic carbocycles. The first-order valence-corrected chi connectivity index (χ1v) is 6.93. The molecule has 0 aromatic heterocycles. The lowest BCUT2D eigenvalue weighted by atomic mass is 9.91. The van der Waals surface area contributed by atoms with Crippen molar-refractivity contribution in [2.75, 3.05) is 13.1 Å². The monoisotopic (exact) mass is 235 g/mol. The van der Waals surface area contributed by atoms with Gasteiger partial charge in [-0.25, -0.2) is 0 Å². The average molecular weight is 235 g/mol. The Bertz CT molecular complexity index is 255. The second kappa shape index (κ2) is 10.3. The van der Waals surface area contributed by atoms with E-state index in [4.69, 9.17) is 0 Å². The molecule has 1 aliphatic heterocycles. The number of hydrogen-bond donors (Lipinski definition) is 1. The van der Waals surface area contributed by atoms with Crippen molar-refractivity contribution in [1.82, 2.24) is 5.32 Å². The van der Waals surface area contributed by atoms with Crippen LogP contribution in [0.4, 0.5) is 0 Å². The van der Waals surface area contributed by atoms with E-state index in [1.807, 2.05) is 19.9 Å². The zero-order chi connectivity index (χ0) is 13.1. The minimum atomic E-state index is 0.818. The minimum absolute atomic E-state index is 0.818. The van der Waals surface area contributed by atoms with Crippen LogP contribution < -0.4 is 5.32 Å². The minimum Gasteiger partial charge on any atom is -0.316 e. The van der Waals surface area contributed by atoms with Gasteiger partial charge in [0.25, 0.3) is 0 Å². The zero-order valence-corrected chi connectivity index (χ0v) is 12.1. The molecular formula is C16H29N. The molecule has 0 aromatic rings. The predicted octanol–water partition coefficient (Wildman–Crippen LogP) is 4.48. The number of allylic oxidation sites excluding steroid dienone is 5. The molecule has 1 heteroatoms. The highest BCUT2D eigenvalue weighted by Crippen LogP contribution is 2.20. The molecule has 17 heavy (non-hydrogen) atoms. The summed E-state index contributed by atoms with van der Waals surface area (Å²) < 4.78 is 0. The van der Waals surface area contributed by atoms with Gasteiger partial charge in [0, 0.05) is 0 Å². The molecule has 1 N–H and O–H groups in total. The highest BCUT2D eigenvalue weighted by Gasteiger charge is 2.13. The van der Waals surface area contributed by atoms with Crippen LogP contribution in [0.2, 0.25) is 0 Å². The molecular weight excluding hydrogens is 206 g/mol. The van der Waals surface area contributed by atoms with Crippen molar-refractivity contribution in [2.45, 2.75) is 47.0 Å². The summed E-state index contributed by atoms with van der Waals surface area (Å²) in [6, 6.07) is 0. The third-order valence-electron chi connectivity index (χ3n) is 3.03. The Balaban J connectivity index is 0.00000121. The SMILES string of the molecule is C=C/C(C)=C\C(=C/C)CC1CCCNC1.CC. The normalized spacial score (nSPS) is 21.5. The van der Waals surface area contributed by atoms with Crippen molar-refractivity contribution >= 4 is 0 Å².